The molecule has 0 spiro atoms. The van der Waals surface area contributed by atoms with Crippen LogP contribution in [0.5, 0.6) is 0 Å². The van der Waals surface area contributed by atoms with E-state index in [0.717, 1.165) is 50.2 Å². The van der Waals surface area contributed by atoms with Gasteiger partial charge in [0.1, 0.15) is 0 Å². The Balaban J connectivity index is 1.60. The van der Waals surface area contributed by atoms with Crippen molar-refractivity contribution >= 4 is 23.8 Å². The van der Waals surface area contributed by atoms with Crippen molar-refractivity contribution in [1.82, 2.24) is 9.80 Å². The molecule has 2 aliphatic rings. The van der Waals surface area contributed by atoms with Gasteiger partial charge < -0.3 is 9.80 Å². The van der Waals surface area contributed by atoms with E-state index in [2.05, 4.69) is 4.90 Å². The van der Waals surface area contributed by atoms with Gasteiger partial charge in [-0.15, -0.1) is 0 Å². The van der Waals surface area contributed by atoms with Crippen molar-refractivity contribution in [2.45, 2.75) is 25.7 Å². The first-order valence-corrected chi connectivity index (χ1v) is 11.7. The number of ketones is 1. The zero-order chi connectivity index (χ0) is 24.9. The first-order valence-electron chi connectivity index (χ1n) is 11.7. The Kier molecular flexibility index (Phi) is 7.80. The van der Waals surface area contributed by atoms with Crippen LogP contribution < -0.4 is 0 Å². The van der Waals surface area contributed by atoms with Gasteiger partial charge in [0.05, 0.1) is 0 Å². The molecular formula is C27H26F4N2O2. The summed E-state index contributed by atoms with van der Waals surface area (Å²) >= 11 is 0. The lowest BCUT2D eigenvalue weighted by Crippen LogP contribution is -2.43. The van der Waals surface area contributed by atoms with E-state index in [-0.39, 0.29) is 53.5 Å². The average Bonchev–Trinajstić information content (AvgIpc) is 2.85. The molecule has 8 heteroatoms. The summed E-state index contributed by atoms with van der Waals surface area (Å²) < 4.78 is 54.1. The lowest BCUT2D eigenvalue weighted by molar-refractivity contribution is -0.131. The number of hydrogen-bond donors (Lipinski definition) is 0. The molecule has 0 N–H and O–H groups in total. The molecule has 2 fully saturated rings. The lowest BCUT2D eigenvalue weighted by atomic mass is 9.94. The molecule has 0 unspecified atom stereocenters. The molecule has 0 aromatic heterocycles. The summed E-state index contributed by atoms with van der Waals surface area (Å²) in [5, 5.41) is 0. The second-order valence-electron chi connectivity index (χ2n) is 8.92. The van der Waals surface area contributed by atoms with E-state index in [1.165, 1.54) is 35.6 Å². The molecule has 0 atom stereocenters. The number of carbonyl (C=O) groups excluding carboxylic acids is 2. The fourth-order valence-electron chi connectivity index (χ4n) is 4.42. The maximum absolute atomic E-state index is 13.7. The summed E-state index contributed by atoms with van der Waals surface area (Å²) in [6, 6.07) is 6.57. The van der Waals surface area contributed by atoms with Gasteiger partial charge in [-0.1, -0.05) is 18.6 Å². The molecule has 4 nitrogen and oxygen atoms in total. The third kappa shape index (κ3) is 6.25. The summed E-state index contributed by atoms with van der Waals surface area (Å²) in [4.78, 5) is 30.0. The van der Waals surface area contributed by atoms with Crippen LogP contribution in [0.2, 0.25) is 0 Å². The van der Waals surface area contributed by atoms with Gasteiger partial charge in [0.25, 0.3) is 0 Å². The molecule has 0 bridgehead atoms. The van der Waals surface area contributed by atoms with Crippen molar-refractivity contribution in [2.24, 2.45) is 0 Å². The number of likely N-dealkylation sites (tertiary alicyclic amines) is 2. The summed E-state index contributed by atoms with van der Waals surface area (Å²) in [6.45, 7) is 2.56. The Morgan fingerprint density at radius 3 is 1.77 bits per heavy atom. The van der Waals surface area contributed by atoms with Gasteiger partial charge in [-0.3, -0.25) is 9.59 Å². The minimum atomic E-state index is -1.05. The molecule has 0 saturated carbocycles. The van der Waals surface area contributed by atoms with Crippen molar-refractivity contribution in [3.05, 3.63) is 81.9 Å². The van der Waals surface area contributed by atoms with Crippen LogP contribution in [-0.2, 0) is 9.59 Å². The molecule has 2 aliphatic heterocycles. The van der Waals surface area contributed by atoms with Crippen LogP contribution in [0.25, 0.3) is 12.2 Å². The minimum Gasteiger partial charge on any atom is -0.334 e. The van der Waals surface area contributed by atoms with Crippen molar-refractivity contribution < 1.29 is 27.2 Å². The van der Waals surface area contributed by atoms with E-state index in [0.29, 0.717) is 6.54 Å². The molecule has 4 rings (SSSR count). The molecule has 35 heavy (non-hydrogen) atoms. The van der Waals surface area contributed by atoms with Crippen molar-refractivity contribution in [2.75, 3.05) is 32.7 Å². The van der Waals surface area contributed by atoms with Gasteiger partial charge in [0, 0.05) is 37.2 Å². The predicted molar refractivity (Wildman–Crippen MR) is 125 cm³/mol. The fourth-order valence-corrected chi connectivity index (χ4v) is 4.42. The number of hydrogen-bond acceptors (Lipinski definition) is 3. The maximum Gasteiger partial charge on any atom is 0.224 e. The number of rotatable bonds is 5. The van der Waals surface area contributed by atoms with Crippen molar-refractivity contribution in [1.29, 1.82) is 0 Å². The molecule has 2 aromatic rings. The van der Waals surface area contributed by atoms with E-state index in [9.17, 15) is 27.2 Å². The zero-order valence-corrected chi connectivity index (χ0v) is 19.2. The molecule has 2 aromatic carbocycles. The summed E-state index contributed by atoms with van der Waals surface area (Å²) in [5.41, 5.74) is 1.01. The van der Waals surface area contributed by atoms with E-state index >= 15 is 0 Å². The molecule has 0 radical (unpaired) electrons. The number of halogens is 4. The van der Waals surface area contributed by atoms with Gasteiger partial charge in [0.15, 0.2) is 29.1 Å². The number of nitrogens with zero attached hydrogens (tertiary/aromatic N) is 2. The first-order chi connectivity index (χ1) is 16.8. The number of piperidine rings is 2. The van der Waals surface area contributed by atoms with Crippen LogP contribution in [0.3, 0.4) is 0 Å². The average molecular weight is 487 g/mol. The van der Waals surface area contributed by atoms with Crippen LogP contribution in [0, 0.1) is 23.3 Å². The molecule has 1 amide bonds. The molecular weight excluding hydrogens is 460 g/mol. The number of Topliss-reactive ketones (excluding diaryl/α,β-unsaturated/α-hetero) is 1. The summed E-state index contributed by atoms with van der Waals surface area (Å²) in [5.74, 6) is -4.63. The topological polar surface area (TPSA) is 40.6 Å². The van der Waals surface area contributed by atoms with Crippen LogP contribution in [0.4, 0.5) is 17.6 Å². The Hall–Kier alpha value is -3.26. The second kappa shape index (κ2) is 11.0. The molecule has 2 heterocycles. The van der Waals surface area contributed by atoms with Gasteiger partial charge >= 0.3 is 0 Å². The predicted octanol–water partition coefficient (Wildman–Crippen LogP) is 5.00. The quantitative estimate of drug-likeness (QED) is 0.441. The van der Waals surface area contributed by atoms with Crippen LogP contribution in [0.15, 0.2) is 47.5 Å². The first kappa shape index (κ1) is 24.9. The van der Waals surface area contributed by atoms with Gasteiger partial charge in [-0.05, 0) is 73.5 Å². The van der Waals surface area contributed by atoms with Crippen LogP contribution in [-0.4, -0.2) is 54.2 Å². The van der Waals surface area contributed by atoms with Gasteiger partial charge in [-0.2, -0.15) is 0 Å². The summed E-state index contributed by atoms with van der Waals surface area (Å²) in [6.07, 6.45) is 6.53. The van der Waals surface area contributed by atoms with Gasteiger partial charge in [-0.25, -0.2) is 17.6 Å². The normalized spacial score (nSPS) is 19.5. The monoisotopic (exact) mass is 486 g/mol. The highest BCUT2D eigenvalue weighted by Gasteiger charge is 2.29. The highest BCUT2D eigenvalue weighted by atomic mass is 19.2. The third-order valence-corrected chi connectivity index (χ3v) is 6.32. The molecule has 0 aliphatic carbocycles. The largest absolute Gasteiger partial charge is 0.334 e. The Morgan fingerprint density at radius 2 is 1.29 bits per heavy atom. The number of carbonyl (C=O) groups is 2. The zero-order valence-electron chi connectivity index (χ0n) is 19.2. The molecule has 2 saturated heterocycles. The van der Waals surface area contributed by atoms with E-state index < -0.39 is 23.3 Å². The minimum absolute atomic E-state index is 0.0196. The maximum atomic E-state index is 13.7. The van der Waals surface area contributed by atoms with E-state index in [4.69, 9.17) is 0 Å². The van der Waals surface area contributed by atoms with E-state index in [1.807, 2.05) is 0 Å². The Morgan fingerprint density at radius 1 is 0.771 bits per heavy atom. The third-order valence-electron chi connectivity index (χ3n) is 6.32. The lowest BCUT2D eigenvalue weighted by Gasteiger charge is -2.31. The number of amides is 1. The number of benzene rings is 2. The van der Waals surface area contributed by atoms with Crippen molar-refractivity contribution in [3.8, 4) is 0 Å². The van der Waals surface area contributed by atoms with Crippen LogP contribution >= 0.6 is 0 Å². The summed E-state index contributed by atoms with van der Waals surface area (Å²) in [7, 11) is 0. The highest BCUT2D eigenvalue weighted by Crippen LogP contribution is 2.24. The second-order valence-corrected chi connectivity index (χ2v) is 8.92. The molecule has 184 valence electrons. The Bertz CT molecular complexity index is 1110. The SMILES string of the molecule is O=C1/C(=C/c2ccc(F)c(F)c2)CN(C(=O)CCN2CCCCC2)C/C1=C\c1ccc(F)c(F)c1. The smallest absolute Gasteiger partial charge is 0.224 e. The Labute approximate surface area is 201 Å². The van der Waals surface area contributed by atoms with Crippen molar-refractivity contribution in [3.63, 3.8) is 0 Å². The van der Waals surface area contributed by atoms with Crippen LogP contribution in [0.1, 0.15) is 36.8 Å². The highest BCUT2D eigenvalue weighted by molar-refractivity contribution is 6.15. The fraction of sp³-hybridized carbons (Fsp3) is 0.333. The van der Waals surface area contributed by atoms with Gasteiger partial charge in [0.2, 0.25) is 5.91 Å². The van der Waals surface area contributed by atoms with E-state index in [1.54, 1.807) is 0 Å². The standard InChI is InChI=1S/C27H26F4N2O2/c28-22-6-4-18(14-24(22)30)12-20-16-33(26(34)8-11-32-9-2-1-3-10-32)17-21(27(20)35)13-19-5-7-23(29)25(31)15-19/h4-7,12-15H,1-3,8-11,16-17H2/b20-12+,21-13+.